The van der Waals surface area contributed by atoms with Crippen molar-refractivity contribution in [1.82, 2.24) is 24.6 Å². The Morgan fingerprint density at radius 2 is 2.17 bits per heavy atom. The van der Waals surface area contributed by atoms with Gasteiger partial charge in [0, 0.05) is 18.2 Å². The number of benzene rings is 1. The molecule has 1 aliphatic rings. The number of hydrogen-bond acceptors (Lipinski definition) is 4. The molecule has 1 saturated carbocycles. The van der Waals surface area contributed by atoms with E-state index in [9.17, 15) is 0 Å². The second kappa shape index (κ2) is 5.21. The number of rotatable bonds is 4. The maximum atomic E-state index is 6.23. The highest BCUT2D eigenvalue weighted by Gasteiger charge is 2.21. The van der Waals surface area contributed by atoms with Crippen LogP contribution in [0.5, 0.6) is 0 Å². The van der Waals surface area contributed by atoms with Gasteiger partial charge in [-0.2, -0.15) is 5.10 Å². The summed E-state index contributed by atoms with van der Waals surface area (Å²) in [5.74, 6) is 0.772. The van der Waals surface area contributed by atoms with Crippen LogP contribution in [0.2, 0.25) is 5.15 Å². The van der Waals surface area contributed by atoms with Gasteiger partial charge in [-0.25, -0.2) is 14.5 Å². The molecule has 0 radical (unpaired) electrons. The van der Waals surface area contributed by atoms with E-state index in [4.69, 9.17) is 11.6 Å². The molecule has 0 atom stereocenters. The summed E-state index contributed by atoms with van der Waals surface area (Å²) in [4.78, 5) is 11.9. The maximum Gasteiger partial charge on any atom is 0.177 e. The third kappa shape index (κ3) is 2.30. The van der Waals surface area contributed by atoms with Gasteiger partial charge in [0.2, 0.25) is 0 Å². The number of nitrogens with one attached hydrogen (secondary N) is 2. The molecular formula is C17H15ClN6. The molecule has 0 amide bonds. The van der Waals surface area contributed by atoms with Crippen molar-refractivity contribution < 1.29 is 0 Å². The number of imidazole rings is 2. The molecule has 120 valence electrons. The molecule has 0 unspecified atom stereocenters. The Hall–Kier alpha value is -2.60. The van der Waals surface area contributed by atoms with Crippen molar-refractivity contribution in [3.63, 3.8) is 0 Å². The van der Waals surface area contributed by atoms with Crippen LogP contribution in [-0.4, -0.2) is 31.1 Å². The highest BCUT2D eigenvalue weighted by atomic mass is 35.5. The number of halogens is 1. The zero-order valence-electron chi connectivity index (χ0n) is 12.8. The molecule has 0 saturated heterocycles. The largest absolute Gasteiger partial charge is 0.382 e. The van der Waals surface area contributed by atoms with E-state index in [1.165, 1.54) is 12.8 Å². The minimum Gasteiger partial charge on any atom is -0.382 e. The third-order valence-electron chi connectivity index (χ3n) is 4.43. The molecule has 2 N–H and O–H groups in total. The number of fused-ring (bicyclic) bond motifs is 2. The molecule has 1 fully saturated rings. The van der Waals surface area contributed by atoms with Gasteiger partial charge in [0.05, 0.1) is 34.9 Å². The first-order chi connectivity index (χ1) is 11.8. The van der Waals surface area contributed by atoms with Crippen LogP contribution in [0.15, 0.2) is 36.8 Å². The smallest absolute Gasteiger partial charge is 0.177 e. The Labute approximate surface area is 142 Å². The second-order valence-electron chi connectivity index (χ2n) is 6.22. The van der Waals surface area contributed by atoms with Crippen molar-refractivity contribution in [3.8, 4) is 11.3 Å². The first-order valence-corrected chi connectivity index (χ1v) is 8.37. The molecule has 3 aromatic heterocycles. The molecule has 4 aromatic rings. The number of aromatic amines is 1. The van der Waals surface area contributed by atoms with Crippen molar-refractivity contribution in [3.05, 3.63) is 41.9 Å². The molecule has 0 aliphatic heterocycles. The van der Waals surface area contributed by atoms with E-state index in [-0.39, 0.29) is 0 Å². The van der Waals surface area contributed by atoms with Gasteiger partial charge in [-0.3, -0.25) is 0 Å². The lowest BCUT2D eigenvalue weighted by Gasteiger charge is -2.08. The summed E-state index contributed by atoms with van der Waals surface area (Å²) in [6, 6.07) is 7.89. The first kappa shape index (κ1) is 13.8. The molecule has 0 bridgehead atoms. The summed E-state index contributed by atoms with van der Waals surface area (Å²) >= 11 is 6.23. The number of anilines is 1. The maximum absolute atomic E-state index is 6.23. The molecule has 6 nitrogen and oxygen atoms in total. The molecule has 24 heavy (non-hydrogen) atoms. The van der Waals surface area contributed by atoms with Crippen molar-refractivity contribution >= 4 is 34.0 Å². The fraction of sp³-hybridized carbons (Fsp3) is 0.235. The zero-order valence-corrected chi connectivity index (χ0v) is 13.6. The van der Waals surface area contributed by atoms with Gasteiger partial charge in [0.15, 0.2) is 10.8 Å². The molecule has 1 aromatic carbocycles. The van der Waals surface area contributed by atoms with E-state index in [2.05, 4.69) is 25.4 Å². The van der Waals surface area contributed by atoms with Gasteiger partial charge in [-0.1, -0.05) is 17.7 Å². The number of H-pyrrole nitrogens is 1. The highest BCUT2D eigenvalue weighted by Crippen LogP contribution is 2.31. The van der Waals surface area contributed by atoms with E-state index < -0.39 is 0 Å². The summed E-state index contributed by atoms with van der Waals surface area (Å²) in [5, 5.41) is 8.34. The number of nitrogens with zero attached hydrogens (tertiary/aromatic N) is 4. The third-order valence-corrected chi connectivity index (χ3v) is 4.62. The standard InChI is InChI=1S/C17H15ClN6/c18-16-6-14(19-7-10-1-2-10)17-20-8-15(24(17)23-16)11-3-4-12-13(5-11)22-9-21-12/h3-6,8-10,19H,1-2,7H2,(H,21,22). The van der Waals surface area contributed by atoms with Crippen LogP contribution in [0.4, 0.5) is 5.69 Å². The fourth-order valence-electron chi connectivity index (χ4n) is 2.94. The van der Waals surface area contributed by atoms with Gasteiger partial charge in [0.25, 0.3) is 0 Å². The van der Waals surface area contributed by atoms with Crippen molar-refractivity contribution in [2.75, 3.05) is 11.9 Å². The van der Waals surface area contributed by atoms with Gasteiger partial charge in [-0.05, 0) is 30.9 Å². The van der Waals surface area contributed by atoms with Crippen LogP contribution in [-0.2, 0) is 0 Å². The molecule has 7 heteroatoms. The molecular weight excluding hydrogens is 324 g/mol. The Kier molecular flexibility index (Phi) is 2.99. The molecule has 3 heterocycles. The molecule has 0 spiro atoms. The molecule has 5 rings (SSSR count). The lowest BCUT2D eigenvalue weighted by atomic mass is 10.1. The van der Waals surface area contributed by atoms with Crippen LogP contribution in [0.25, 0.3) is 27.9 Å². The Morgan fingerprint density at radius 1 is 1.25 bits per heavy atom. The SMILES string of the molecule is Clc1cc(NCC2CC2)c2ncc(-c3ccc4nc[nH]c4c3)n2n1. The fourth-order valence-corrected chi connectivity index (χ4v) is 3.12. The lowest BCUT2D eigenvalue weighted by molar-refractivity contribution is 0.882. The quantitative estimate of drug-likeness (QED) is 0.594. The summed E-state index contributed by atoms with van der Waals surface area (Å²) < 4.78 is 1.80. The van der Waals surface area contributed by atoms with E-state index in [1.807, 2.05) is 30.5 Å². The zero-order chi connectivity index (χ0) is 16.1. The molecule has 1 aliphatic carbocycles. The minimum atomic E-state index is 0.447. The second-order valence-corrected chi connectivity index (χ2v) is 6.61. The average Bonchev–Trinajstić information content (AvgIpc) is 3.13. The lowest BCUT2D eigenvalue weighted by Crippen LogP contribution is -2.06. The van der Waals surface area contributed by atoms with Gasteiger partial charge in [-0.15, -0.1) is 0 Å². The topological polar surface area (TPSA) is 70.9 Å². The Morgan fingerprint density at radius 3 is 3.04 bits per heavy atom. The van der Waals surface area contributed by atoms with Crippen LogP contribution in [0, 0.1) is 5.92 Å². The number of aromatic nitrogens is 5. The van der Waals surface area contributed by atoms with Crippen molar-refractivity contribution in [2.45, 2.75) is 12.8 Å². The average molecular weight is 339 g/mol. The predicted octanol–water partition coefficient (Wildman–Crippen LogP) is 3.75. The van der Waals surface area contributed by atoms with Gasteiger partial charge >= 0.3 is 0 Å². The van der Waals surface area contributed by atoms with Crippen LogP contribution < -0.4 is 5.32 Å². The van der Waals surface area contributed by atoms with E-state index in [0.29, 0.717) is 5.15 Å². The van der Waals surface area contributed by atoms with Crippen LogP contribution in [0.1, 0.15) is 12.8 Å². The monoisotopic (exact) mass is 338 g/mol. The summed E-state index contributed by atoms with van der Waals surface area (Å²) in [5.41, 5.74) is 5.55. The van der Waals surface area contributed by atoms with E-state index in [0.717, 1.165) is 46.1 Å². The van der Waals surface area contributed by atoms with Crippen LogP contribution in [0.3, 0.4) is 0 Å². The first-order valence-electron chi connectivity index (χ1n) is 7.99. The van der Waals surface area contributed by atoms with Crippen LogP contribution >= 0.6 is 11.6 Å². The predicted molar refractivity (Wildman–Crippen MR) is 94.3 cm³/mol. The Bertz CT molecular complexity index is 1050. The summed E-state index contributed by atoms with van der Waals surface area (Å²) in [7, 11) is 0. The number of hydrogen-bond donors (Lipinski definition) is 2. The van der Waals surface area contributed by atoms with E-state index >= 15 is 0 Å². The van der Waals surface area contributed by atoms with Gasteiger partial charge < -0.3 is 10.3 Å². The minimum absolute atomic E-state index is 0.447. The normalized spacial score (nSPS) is 14.5. The Balaban J connectivity index is 1.62. The van der Waals surface area contributed by atoms with Crippen molar-refractivity contribution in [1.29, 1.82) is 0 Å². The summed E-state index contributed by atoms with van der Waals surface area (Å²) in [6.07, 6.45) is 6.12. The summed E-state index contributed by atoms with van der Waals surface area (Å²) in [6.45, 7) is 0.957. The highest BCUT2D eigenvalue weighted by molar-refractivity contribution is 6.29. The van der Waals surface area contributed by atoms with Gasteiger partial charge in [0.1, 0.15) is 0 Å². The van der Waals surface area contributed by atoms with Crippen molar-refractivity contribution in [2.24, 2.45) is 5.92 Å². The van der Waals surface area contributed by atoms with E-state index in [1.54, 1.807) is 10.8 Å².